The molecule has 2 heterocycles. The van der Waals surface area contributed by atoms with E-state index in [0.717, 1.165) is 0 Å². The van der Waals surface area contributed by atoms with Crippen LogP contribution in [0.2, 0.25) is 0 Å². The zero-order valence-corrected chi connectivity index (χ0v) is 10.8. The summed E-state index contributed by atoms with van der Waals surface area (Å²) >= 11 is 0. The van der Waals surface area contributed by atoms with Gasteiger partial charge in [-0.15, -0.1) is 0 Å². The minimum atomic E-state index is -1.29. The molecule has 0 aromatic rings. The molecule has 2 fully saturated rings. The quantitative estimate of drug-likeness (QED) is 0.731. The molecule has 1 unspecified atom stereocenters. The maximum Gasteiger partial charge on any atom is 0.411 e. The van der Waals surface area contributed by atoms with Gasteiger partial charge in [0.25, 0.3) is 0 Å². The number of fused-ring (bicyclic) bond motifs is 2. The summed E-state index contributed by atoms with van der Waals surface area (Å²) in [6.07, 6.45) is -0.450. The van der Waals surface area contributed by atoms with Crippen molar-refractivity contribution in [2.45, 2.75) is 63.3 Å². The highest BCUT2D eigenvalue weighted by Gasteiger charge is 2.63. The number of aliphatic carboxylic acids is 1. The van der Waals surface area contributed by atoms with Crippen molar-refractivity contribution >= 4 is 12.1 Å². The summed E-state index contributed by atoms with van der Waals surface area (Å²) in [5.41, 5.74) is -1.96. The monoisotopic (exact) mass is 257 g/mol. The van der Waals surface area contributed by atoms with Crippen LogP contribution in [-0.4, -0.2) is 50.5 Å². The third-order valence-electron chi connectivity index (χ3n) is 3.63. The highest BCUT2D eigenvalue weighted by atomic mass is 16.6. The van der Waals surface area contributed by atoms with E-state index in [1.807, 2.05) is 0 Å². The maximum absolute atomic E-state index is 12.1. The Kier molecular flexibility index (Phi) is 2.81. The van der Waals surface area contributed by atoms with E-state index in [1.54, 1.807) is 20.8 Å². The molecule has 18 heavy (non-hydrogen) atoms. The van der Waals surface area contributed by atoms with Gasteiger partial charge in [0.1, 0.15) is 11.1 Å². The number of aliphatic hydroxyl groups is 1. The van der Waals surface area contributed by atoms with E-state index in [-0.39, 0.29) is 6.42 Å². The molecule has 0 aromatic heterocycles. The molecule has 2 saturated heterocycles. The molecule has 2 rings (SSSR count). The minimum absolute atomic E-state index is 0.0895. The standard InChI is InChI=1S/C12H19NO5/c1-11(2,3)18-10(17)13-7-4-5-12(13,9(15)16)6-8(7)14/h7-8,14H,4-6H2,1-3H3,(H,15,16)/t7-,8?,12+/m1/s1. The molecule has 0 radical (unpaired) electrons. The average Bonchev–Trinajstić information content (AvgIpc) is 2.67. The smallest absolute Gasteiger partial charge is 0.411 e. The number of nitrogens with zero attached hydrogens (tertiary/aromatic N) is 1. The lowest BCUT2D eigenvalue weighted by atomic mass is 9.86. The van der Waals surface area contributed by atoms with E-state index < -0.39 is 35.3 Å². The topological polar surface area (TPSA) is 87.1 Å². The number of aliphatic hydroxyl groups excluding tert-OH is 1. The molecule has 2 bridgehead atoms. The summed E-state index contributed by atoms with van der Waals surface area (Å²) in [5.74, 6) is -1.06. The summed E-state index contributed by atoms with van der Waals surface area (Å²) in [7, 11) is 0. The summed E-state index contributed by atoms with van der Waals surface area (Å²) in [6, 6.07) is -0.434. The van der Waals surface area contributed by atoms with E-state index >= 15 is 0 Å². The second-order valence-corrected chi connectivity index (χ2v) is 6.06. The van der Waals surface area contributed by atoms with Crippen LogP contribution in [0.1, 0.15) is 40.0 Å². The van der Waals surface area contributed by atoms with Crippen LogP contribution in [0.5, 0.6) is 0 Å². The van der Waals surface area contributed by atoms with Gasteiger partial charge < -0.3 is 14.9 Å². The van der Waals surface area contributed by atoms with E-state index in [0.29, 0.717) is 12.8 Å². The molecule has 0 aromatic carbocycles. The van der Waals surface area contributed by atoms with Crippen LogP contribution in [-0.2, 0) is 9.53 Å². The van der Waals surface area contributed by atoms with E-state index in [1.165, 1.54) is 4.90 Å². The number of carbonyl (C=O) groups excluding carboxylic acids is 1. The predicted octanol–water partition coefficient (Wildman–Crippen LogP) is 0.974. The fourth-order valence-electron chi connectivity index (χ4n) is 2.92. The fraction of sp³-hybridized carbons (Fsp3) is 0.833. The molecule has 102 valence electrons. The number of carbonyl (C=O) groups is 2. The normalized spacial score (nSPS) is 34.8. The number of hydrogen-bond donors (Lipinski definition) is 2. The lowest BCUT2D eigenvalue weighted by Crippen LogP contribution is -2.52. The van der Waals surface area contributed by atoms with Gasteiger partial charge in [0, 0.05) is 6.42 Å². The van der Waals surface area contributed by atoms with Gasteiger partial charge in [0.15, 0.2) is 0 Å². The largest absolute Gasteiger partial charge is 0.479 e. The highest BCUT2D eigenvalue weighted by Crippen LogP contribution is 2.47. The van der Waals surface area contributed by atoms with Gasteiger partial charge in [-0.2, -0.15) is 0 Å². The van der Waals surface area contributed by atoms with E-state index in [9.17, 15) is 19.8 Å². The van der Waals surface area contributed by atoms with Crippen molar-refractivity contribution in [2.24, 2.45) is 0 Å². The van der Waals surface area contributed by atoms with E-state index in [4.69, 9.17) is 4.74 Å². The first-order valence-electron chi connectivity index (χ1n) is 6.11. The first kappa shape index (κ1) is 13.1. The average molecular weight is 257 g/mol. The Morgan fingerprint density at radius 3 is 2.44 bits per heavy atom. The SMILES string of the molecule is CC(C)(C)OC(=O)N1[C@@H]2CC[C@@]1(C(=O)O)CC2O. The Morgan fingerprint density at radius 2 is 2.00 bits per heavy atom. The first-order chi connectivity index (χ1) is 8.17. The van der Waals surface area contributed by atoms with Gasteiger partial charge in [0.05, 0.1) is 12.1 Å². The van der Waals surface area contributed by atoms with Crippen LogP contribution in [0.4, 0.5) is 4.79 Å². The molecule has 2 aliphatic rings. The van der Waals surface area contributed by atoms with Crippen molar-refractivity contribution in [3.05, 3.63) is 0 Å². The Balaban J connectivity index is 2.27. The molecule has 0 spiro atoms. The summed E-state index contributed by atoms with van der Waals surface area (Å²) in [6.45, 7) is 5.19. The first-order valence-corrected chi connectivity index (χ1v) is 6.11. The second kappa shape index (κ2) is 3.85. The van der Waals surface area contributed by atoms with E-state index in [2.05, 4.69) is 0 Å². The molecular formula is C12H19NO5. The van der Waals surface area contributed by atoms with Crippen LogP contribution in [0.3, 0.4) is 0 Å². The number of amides is 1. The lowest BCUT2D eigenvalue weighted by Gasteiger charge is -2.32. The summed E-state index contributed by atoms with van der Waals surface area (Å²) < 4.78 is 5.24. The summed E-state index contributed by atoms with van der Waals surface area (Å²) in [4.78, 5) is 24.8. The van der Waals surface area contributed by atoms with Gasteiger partial charge in [0.2, 0.25) is 0 Å². The van der Waals surface area contributed by atoms with Crippen molar-refractivity contribution in [2.75, 3.05) is 0 Å². The van der Waals surface area contributed by atoms with Gasteiger partial charge in [-0.05, 0) is 33.6 Å². The van der Waals surface area contributed by atoms with Gasteiger partial charge in [-0.3, -0.25) is 4.90 Å². The van der Waals surface area contributed by atoms with Crippen LogP contribution < -0.4 is 0 Å². The molecule has 1 amide bonds. The van der Waals surface area contributed by atoms with Crippen molar-refractivity contribution in [1.29, 1.82) is 0 Å². The second-order valence-electron chi connectivity index (χ2n) is 6.06. The molecule has 6 nitrogen and oxygen atoms in total. The van der Waals surface area contributed by atoms with Crippen molar-refractivity contribution < 1.29 is 24.5 Å². The molecule has 6 heteroatoms. The number of carboxylic acid groups (broad SMARTS) is 1. The number of rotatable bonds is 1. The number of carboxylic acids is 1. The Labute approximate surface area is 106 Å². The van der Waals surface area contributed by atoms with Crippen LogP contribution >= 0.6 is 0 Å². The molecule has 2 aliphatic heterocycles. The minimum Gasteiger partial charge on any atom is -0.479 e. The third-order valence-corrected chi connectivity index (χ3v) is 3.63. The fourth-order valence-corrected chi connectivity index (χ4v) is 2.92. The molecular weight excluding hydrogens is 238 g/mol. The zero-order chi connectivity index (χ0) is 13.7. The van der Waals surface area contributed by atoms with Crippen molar-refractivity contribution in [3.8, 4) is 0 Å². The number of hydrogen-bond acceptors (Lipinski definition) is 4. The Morgan fingerprint density at radius 1 is 1.39 bits per heavy atom. The molecule has 2 N–H and O–H groups in total. The molecule has 3 atom stereocenters. The predicted molar refractivity (Wildman–Crippen MR) is 62.1 cm³/mol. The van der Waals surface area contributed by atoms with Crippen LogP contribution in [0, 0.1) is 0 Å². The molecule has 0 saturated carbocycles. The van der Waals surface area contributed by atoms with Gasteiger partial charge in [-0.25, -0.2) is 9.59 Å². The maximum atomic E-state index is 12.1. The summed E-state index contributed by atoms with van der Waals surface area (Å²) in [5, 5.41) is 19.2. The number of ether oxygens (including phenoxy) is 1. The molecule has 0 aliphatic carbocycles. The third kappa shape index (κ3) is 1.84. The Hall–Kier alpha value is -1.30. The zero-order valence-electron chi connectivity index (χ0n) is 10.8. The van der Waals surface area contributed by atoms with Crippen LogP contribution in [0.15, 0.2) is 0 Å². The Bertz CT molecular complexity index is 388. The highest BCUT2D eigenvalue weighted by molar-refractivity contribution is 5.86. The van der Waals surface area contributed by atoms with Crippen molar-refractivity contribution in [1.82, 2.24) is 4.90 Å². The van der Waals surface area contributed by atoms with Crippen molar-refractivity contribution in [3.63, 3.8) is 0 Å². The lowest BCUT2D eigenvalue weighted by molar-refractivity contribution is -0.148. The van der Waals surface area contributed by atoms with Gasteiger partial charge >= 0.3 is 12.1 Å². The van der Waals surface area contributed by atoms with Gasteiger partial charge in [-0.1, -0.05) is 0 Å². The van der Waals surface area contributed by atoms with Crippen LogP contribution in [0.25, 0.3) is 0 Å².